The van der Waals surface area contributed by atoms with Gasteiger partial charge in [-0.2, -0.15) is 0 Å². The van der Waals surface area contributed by atoms with Crippen LogP contribution in [-0.4, -0.2) is 42.6 Å². The van der Waals surface area contributed by atoms with Crippen LogP contribution < -0.4 is 61.6 Å². The Morgan fingerprint density at radius 3 is 1.21 bits per heavy atom. The van der Waals surface area contributed by atoms with E-state index in [0.717, 1.165) is 0 Å². The molecule has 0 amide bonds. The monoisotopic (exact) mass is 367 g/mol. The number of nitrogens with zero attached hydrogens (tertiary/aromatic N) is 1. The molecule has 0 N–H and O–H groups in total. The van der Waals surface area contributed by atoms with E-state index in [1.807, 2.05) is 0 Å². The van der Waals surface area contributed by atoms with Crippen molar-refractivity contribution in [3.63, 3.8) is 0 Å². The van der Waals surface area contributed by atoms with Crippen molar-refractivity contribution in [3.8, 4) is 0 Å². The third kappa shape index (κ3) is 18.6. The standard InChI is InChI=1S/C14H32N.C4H4O4.K/c1-5-9-12-15(8-4,13-10-6-2)14-11-7-3;5-3(6)1-2-4(7)8;/h5-14H2,1-4H3;1-2H,(H,5,6)(H,7,8);/q+1;;+1/p-2/b;2-1+;. The molecular formula is C18H34KNO4. The van der Waals surface area contributed by atoms with E-state index in [4.69, 9.17) is 0 Å². The molecule has 0 aliphatic rings. The van der Waals surface area contributed by atoms with Crippen LogP contribution in [-0.2, 0) is 9.59 Å². The summed E-state index contributed by atoms with van der Waals surface area (Å²) in [6.07, 6.45) is 9.02. The molecule has 0 aliphatic carbocycles. The fourth-order valence-electron chi connectivity index (χ4n) is 2.43. The normalized spacial score (nSPS) is 10.7. The molecule has 0 radical (unpaired) electrons. The Hall–Kier alpha value is 0.276. The van der Waals surface area contributed by atoms with Crippen molar-refractivity contribution in [2.75, 3.05) is 26.2 Å². The average Bonchev–Trinajstić information content (AvgIpc) is 2.53. The molecule has 136 valence electrons. The minimum atomic E-state index is -1.55. The molecule has 0 aromatic heterocycles. The molecule has 0 unspecified atom stereocenters. The summed E-state index contributed by atoms with van der Waals surface area (Å²) in [6.45, 7) is 14.9. The van der Waals surface area contributed by atoms with Crippen LogP contribution in [0.4, 0.5) is 0 Å². The van der Waals surface area contributed by atoms with Crippen LogP contribution in [0.3, 0.4) is 0 Å². The number of quaternary nitrogens is 1. The van der Waals surface area contributed by atoms with E-state index in [-0.39, 0.29) is 51.4 Å². The molecule has 0 bridgehead atoms. The molecule has 0 aliphatic heterocycles. The molecule has 24 heavy (non-hydrogen) atoms. The number of carboxylic acids is 2. The predicted octanol–water partition coefficient (Wildman–Crippen LogP) is -1.73. The summed E-state index contributed by atoms with van der Waals surface area (Å²) in [5, 5.41) is 18.8. The quantitative estimate of drug-likeness (QED) is 0.233. The SMILES string of the molecule is CCCC[N+](CC)(CCCC)CCCC.O=C([O-])/C=C/C(=O)[O-].[K+]. The van der Waals surface area contributed by atoms with Gasteiger partial charge in [-0.3, -0.25) is 0 Å². The Bertz CT molecular complexity index is 308. The van der Waals surface area contributed by atoms with Crippen molar-refractivity contribution < 1.29 is 75.7 Å². The van der Waals surface area contributed by atoms with Gasteiger partial charge in [0.2, 0.25) is 0 Å². The molecule has 0 aromatic carbocycles. The molecule has 0 spiro atoms. The topological polar surface area (TPSA) is 80.3 Å². The van der Waals surface area contributed by atoms with E-state index in [0.29, 0.717) is 12.2 Å². The first-order valence-electron chi connectivity index (χ1n) is 8.82. The second-order valence-corrected chi connectivity index (χ2v) is 5.86. The molecular weight excluding hydrogens is 333 g/mol. The van der Waals surface area contributed by atoms with Crippen molar-refractivity contribution in [1.82, 2.24) is 0 Å². The molecule has 0 saturated heterocycles. The number of carboxylic acid groups (broad SMARTS) is 2. The largest absolute Gasteiger partial charge is 1.00 e. The molecule has 0 fully saturated rings. The third-order valence-corrected chi connectivity index (χ3v) is 3.98. The molecule has 0 aromatic rings. The first kappa shape index (κ1) is 29.1. The van der Waals surface area contributed by atoms with E-state index in [1.165, 1.54) is 69.2 Å². The second kappa shape index (κ2) is 19.6. The molecule has 0 atom stereocenters. The van der Waals surface area contributed by atoms with Gasteiger partial charge in [0, 0.05) is 0 Å². The van der Waals surface area contributed by atoms with Gasteiger partial charge in [-0.1, -0.05) is 40.0 Å². The molecule has 6 heteroatoms. The van der Waals surface area contributed by atoms with Crippen LogP contribution in [0.5, 0.6) is 0 Å². The molecule has 0 heterocycles. The average molecular weight is 368 g/mol. The Labute approximate surface area is 190 Å². The van der Waals surface area contributed by atoms with E-state index in [9.17, 15) is 19.8 Å². The van der Waals surface area contributed by atoms with Gasteiger partial charge in [0.05, 0.1) is 38.1 Å². The van der Waals surface area contributed by atoms with Crippen LogP contribution >= 0.6 is 0 Å². The smallest absolute Gasteiger partial charge is 0.545 e. The van der Waals surface area contributed by atoms with E-state index >= 15 is 0 Å². The van der Waals surface area contributed by atoms with Gasteiger partial charge in [-0.15, -0.1) is 0 Å². The van der Waals surface area contributed by atoms with Crippen molar-refractivity contribution in [2.45, 2.75) is 66.2 Å². The van der Waals surface area contributed by atoms with E-state index in [1.54, 1.807) is 0 Å². The number of rotatable bonds is 12. The van der Waals surface area contributed by atoms with Crippen LogP contribution in [0, 0.1) is 0 Å². The molecule has 0 rings (SSSR count). The van der Waals surface area contributed by atoms with Crippen LogP contribution in [0.15, 0.2) is 12.2 Å². The Morgan fingerprint density at radius 1 is 0.750 bits per heavy atom. The summed E-state index contributed by atoms with van der Waals surface area (Å²) < 4.78 is 1.38. The van der Waals surface area contributed by atoms with Gasteiger partial charge in [0.1, 0.15) is 0 Å². The van der Waals surface area contributed by atoms with Crippen molar-refractivity contribution >= 4 is 11.9 Å². The van der Waals surface area contributed by atoms with Crippen molar-refractivity contribution in [3.05, 3.63) is 12.2 Å². The number of carbonyl (C=O) groups excluding carboxylic acids is 2. The summed E-state index contributed by atoms with van der Waals surface area (Å²) in [6, 6.07) is 0. The van der Waals surface area contributed by atoms with Gasteiger partial charge >= 0.3 is 51.4 Å². The van der Waals surface area contributed by atoms with E-state index < -0.39 is 11.9 Å². The van der Waals surface area contributed by atoms with Gasteiger partial charge < -0.3 is 24.3 Å². The maximum atomic E-state index is 9.41. The van der Waals surface area contributed by atoms with Crippen molar-refractivity contribution in [1.29, 1.82) is 0 Å². The number of carbonyl (C=O) groups is 2. The maximum absolute atomic E-state index is 9.41. The molecule has 0 saturated carbocycles. The zero-order valence-corrected chi connectivity index (χ0v) is 19.4. The number of aliphatic carboxylic acids is 2. The zero-order valence-electron chi connectivity index (χ0n) is 16.3. The van der Waals surface area contributed by atoms with Gasteiger partial charge in [0.25, 0.3) is 0 Å². The maximum Gasteiger partial charge on any atom is 1.00 e. The van der Waals surface area contributed by atoms with E-state index in [2.05, 4.69) is 27.7 Å². The summed E-state index contributed by atoms with van der Waals surface area (Å²) in [4.78, 5) is 18.8. The number of unbranched alkanes of at least 4 members (excludes halogenated alkanes) is 3. The van der Waals surface area contributed by atoms with Crippen LogP contribution in [0.25, 0.3) is 0 Å². The predicted molar refractivity (Wildman–Crippen MR) is 89.3 cm³/mol. The zero-order chi connectivity index (χ0) is 18.1. The fraction of sp³-hybridized carbons (Fsp3) is 0.778. The van der Waals surface area contributed by atoms with Gasteiger partial charge in [-0.05, 0) is 38.3 Å². The Morgan fingerprint density at radius 2 is 1.04 bits per heavy atom. The second-order valence-electron chi connectivity index (χ2n) is 5.86. The van der Waals surface area contributed by atoms with Gasteiger partial charge in [0.15, 0.2) is 0 Å². The van der Waals surface area contributed by atoms with Gasteiger partial charge in [-0.25, -0.2) is 0 Å². The Balaban J connectivity index is -0.000000419. The fourth-order valence-corrected chi connectivity index (χ4v) is 2.43. The summed E-state index contributed by atoms with van der Waals surface area (Å²) in [5.41, 5.74) is 0. The Kier molecular flexibility index (Phi) is 23.7. The number of hydrogen-bond acceptors (Lipinski definition) is 4. The third-order valence-electron chi connectivity index (χ3n) is 3.98. The van der Waals surface area contributed by atoms with Crippen molar-refractivity contribution in [2.24, 2.45) is 0 Å². The minimum Gasteiger partial charge on any atom is -0.545 e. The summed E-state index contributed by atoms with van der Waals surface area (Å²) in [5.74, 6) is -3.09. The molecule has 5 nitrogen and oxygen atoms in total. The number of hydrogen-bond donors (Lipinski definition) is 0. The first-order chi connectivity index (χ1) is 10.9. The first-order valence-corrected chi connectivity index (χ1v) is 8.82. The summed E-state index contributed by atoms with van der Waals surface area (Å²) >= 11 is 0. The minimum absolute atomic E-state index is 0. The van der Waals surface area contributed by atoms with Crippen LogP contribution in [0.1, 0.15) is 66.2 Å². The summed E-state index contributed by atoms with van der Waals surface area (Å²) in [7, 11) is 0. The van der Waals surface area contributed by atoms with Crippen LogP contribution in [0.2, 0.25) is 0 Å².